The largest absolute Gasteiger partial charge is 0.435 e. The number of amides is 1. The van der Waals surface area contributed by atoms with E-state index in [-0.39, 0.29) is 11.7 Å². The van der Waals surface area contributed by atoms with Crippen molar-refractivity contribution in [3.63, 3.8) is 0 Å². The Morgan fingerprint density at radius 1 is 1.04 bits per heavy atom. The van der Waals surface area contributed by atoms with Gasteiger partial charge in [0.1, 0.15) is 5.75 Å². The number of hydrogen-bond acceptors (Lipinski definition) is 3. The molecule has 0 N–H and O–H groups in total. The lowest BCUT2D eigenvalue weighted by Crippen LogP contribution is -2.48. The van der Waals surface area contributed by atoms with Gasteiger partial charge >= 0.3 is 6.61 Å². The Bertz CT molecular complexity index is 795. The van der Waals surface area contributed by atoms with Gasteiger partial charge in [-0.05, 0) is 42.0 Å². The van der Waals surface area contributed by atoms with E-state index in [2.05, 4.69) is 9.64 Å². The number of ether oxygens (including phenoxy) is 1. The van der Waals surface area contributed by atoms with Crippen LogP contribution in [0.2, 0.25) is 10.0 Å². The third-order valence-corrected chi connectivity index (χ3v) is 4.98. The minimum Gasteiger partial charge on any atom is -0.435 e. The van der Waals surface area contributed by atoms with Crippen molar-refractivity contribution in [2.24, 2.45) is 0 Å². The average Bonchev–Trinajstić information content (AvgIpc) is 2.64. The number of halogens is 4. The van der Waals surface area contributed by atoms with E-state index in [1.807, 2.05) is 12.1 Å². The molecule has 8 heteroatoms. The molecule has 1 aliphatic rings. The fourth-order valence-corrected chi connectivity index (χ4v) is 3.43. The molecule has 3 rings (SSSR count). The quantitative estimate of drug-likeness (QED) is 0.718. The summed E-state index contributed by atoms with van der Waals surface area (Å²) in [5.74, 6) is -0.0889. The molecule has 0 radical (unpaired) electrons. The van der Waals surface area contributed by atoms with Gasteiger partial charge in [-0.1, -0.05) is 29.3 Å². The maximum absolute atomic E-state index is 12.6. The van der Waals surface area contributed by atoms with E-state index in [1.54, 1.807) is 11.0 Å². The molecule has 144 valence electrons. The van der Waals surface area contributed by atoms with Gasteiger partial charge in [-0.3, -0.25) is 9.69 Å². The predicted octanol–water partition coefficient (Wildman–Crippen LogP) is 4.55. The molecule has 0 aliphatic carbocycles. The van der Waals surface area contributed by atoms with Gasteiger partial charge in [-0.15, -0.1) is 0 Å². The second-order valence-corrected chi connectivity index (χ2v) is 7.05. The number of hydrogen-bond donors (Lipinski definition) is 0. The summed E-state index contributed by atoms with van der Waals surface area (Å²) in [7, 11) is 0. The maximum Gasteiger partial charge on any atom is 0.387 e. The topological polar surface area (TPSA) is 32.8 Å². The second-order valence-electron chi connectivity index (χ2n) is 6.21. The first-order chi connectivity index (χ1) is 12.9. The van der Waals surface area contributed by atoms with Gasteiger partial charge in [-0.25, -0.2) is 0 Å². The minimum absolute atomic E-state index is 0.0335. The van der Waals surface area contributed by atoms with Crippen molar-refractivity contribution in [1.82, 2.24) is 9.80 Å². The molecule has 0 aromatic heterocycles. The molecule has 0 spiro atoms. The molecule has 0 atom stereocenters. The normalized spacial score (nSPS) is 15.2. The highest BCUT2D eigenvalue weighted by Crippen LogP contribution is 2.23. The molecular formula is C19H18Cl2F2N2O2. The Kier molecular flexibility index (Phi) is 6.52. The van der Waals surface area contributed by atoms with Gasteiger partial charge in [0.15, 0.2) is 0 Å². The summed E-state index contributed by atoms with van der Waals surface area (Å²) in [6, 6.07) is 11.2. The lowest BCUT2D eigenvalue weighted by Gasteiger charge is -2.35. The zero-order valence-electron chi connectivity index (χ0n) is 14.4. The summed E-state index contributed by atoms with van der Waals surface area (Å²) < 4.78 is 28.7. The second kappa shape index (κ2) is 8.87. The number of alkyl halides is 2. The molecule has 27 heavy (non-hydrogen) atoms. The molecule has 1 heterocycles. The lowest BCUT2D eigenvalue weighted by atomic mass is 10.1. The average molecular weight is 415 g/mol. The third-order valence-electron chi connectivity index (χ3n) is 4.40. The fraction of sp³-hybridized carbons (Fsp3) is 0.316. The number of nitrogens with zero attached hydrogens (tertiary/aromatic N) is 2. The Balaban J connectivity index is 1.54. The third kappa shape index (κ3) is 5.31. The number of piperazine rings is 1. The van der Waals surface area contributed by atoms with Crippen LogP contribution in [0.15, 0.2) is 42.5 Å². The summed E-state index contributed by atoms with van der Waals surface area (Å²) in [6.07, 6.45) is 0. The van der Waals surface area contributed by atoms with E-state index in [0.717, 1.165) is 18.7 Å². The first-order valence-corrected chi connectivity index (χ1v) is 9.18. The Labute approximate surface area is 166 Å². The van der Waals surface area contributed by atoms with Crippen molar-refractivity contribution in [1.29, 1.82) is 0 Å². The number of benzene rings is 2. The summed E-state index contributed by atoms with van der Waals surface area (Å²) >= 11 is 12.1. The van der Waals surface area contributed by atoms with Crippen molar-refractivity contribution in [3.05, 3.63) is 63.6 Å². The van der Waals surface area contributed by atoms with Crippen LogP contribution in [0, 0.1) is 0 Å². The van der Waals surface area contributed by atoms with Crippen molar-refractivity contribution < 1.29 is 18.3 Å². The number of rotatable bonds is 5. The Morgan fingerprint density at radius 2 is 1.70 bits per heavy atom. The molecule has 1 aliphatic heterocycles. The highest BCUT2D eigenvalue weighted by molar-refractivity contribution is 6.35. The van der Waals surface area contributed by atoms with E-state index in [1.165, 1.54) is 24.3 Å². The van der Waals surface area contributed by atoms with E-state index >= 15 is 0 Å². The van der Waals surface area contributed by atoms with Gasteiger partial charge in [-0.2, -0.15) is 8.78 Å². The molecule has 0 unspecified atom stereocenters. The molecule has 0 bridgehead atoms. The van der Waals surface area contributed by atoms with Crippen LogP contribution in [0.4, 0.5) is 8.78 Å². The molecule has 2 aromatic rings. The van der Waals surface area contributed by atoms with Crippen molar-refractivity contribution in [2.75, 3.05) is 26.2 Å². The summed E-state index contributed by atoms with van der Waals surface area (Å²) in [4.78, 5) is 16.5. The Hall–Kier alpha value is -1.89. The van der Waals surface area contributed by atoms with Crippen LogP contribution in [-0.4, -0.2) is 48.5 Å². The molecule has 1 saturated heterocycles. The van der Waals surface area contributed by atoms with Gasteiger partial charge in [0.25, 0.3) is 5.91 Å². The molecule has 0 saturated carbocycles. The van der Waals surface area contributed by atoms with Gasteiger partial charge in [0.2, 0.25) is 0 Å². The molecule has 1 fully saturated rings. The summed E-state index contributed by atoms with van der Waals surface area (Å²) in [6.45, 7) is 0.416. The SMILES string of the molecule is O=C(c1ccc(OC(F)F)cc1)N1CCN(Cc2ccc(Cl)cc2Cl)CC1. The highest BCUT2D eigenvalue weighted by Gasteiger charge is 2.22. The smallest absolute Gasteiger partial charge is 0.387 e. The van der Waals surface area contributed by atoms with Gasteiger partial charge in [0, 0.05) is 48.3 Å². The van der Waals surface area contributed by atoms with Crippen LogP contribution in [0.5, 0.6) is 5.75 Å². The molecule has 2 aromatic carbocycles. The van der Waals surface area contributed by atoms with Crippen LogP contribution in [0.25, 0.3) is 0 Å². The van der Waals surface area contributed by atoms with E-state index < -0.39 is 6.61 Å². The fourth-order valence-electron chi connectivity index (χ4n) is 2.96. The lowest BCUT2D eigenvalue weighted by molar-refractivity contribution is -0.0498. The first kappa shape index (κ1) is 19.9. The van der Waals surface area contributed by atoms with Crippen molar-refractivity contribution >= 4 is 29.1 Å². The zero-order valence-corrected chi connectivity index (χ0v) is 15.9. The zero-order chi connectivity index (χ0) is 19.4. The van der Waals surface area contributed by atoms with Crippen LogP contribution < -0.4 is 4.74 Å². The molecular weight excluding hydrogens is 397 g/mol. The summed E-state index contributed by atoms with van der Waals surface area (Å²) in [5.41, 5.74) is 1.45. The van der Waals surface area contributed by atoms with Crippen LogP contribution in [0.1, 0.15) is 15.9 Å². The number of carbonyl (C=O) groups is 1. The maximum atomic E-state index is 12.6. The van der Waals surface area contributed by atoms with E-state index in [9.17, 15) is 13.6 Å². The summed E-state index contributed by atoms with van der Waals surface area (Å²) in [5, 5.41) is 1.23. The number of carbonyl (C=O) groups excluding carboxylic acids is 1. The monoisotopic (exact) mass is 414 g/mol. The van der Waals surface area contributed by atoms with Crippen molar-refractivity contribution in [3.8, 4) is 5.75 Å². The van der Waals surface area contributed by atoms with Gasteiger partial charge < -0.3 is 9.64 Å². The molecule has 1 amide bonds. The molecule has 4 nitrogen and oxygen atoms in total. The standard InChI is InChI=1S/C19H18Cl2F2N2O2/c20-15-4-1-14(17(21)11-15)12-24-7-9-25(10-8-24)18(26)13-2-5-16(6-3-13)27-19(22)23/h1-6,11,19H,7-10,12H2. The van der Waals surface area contributed by atoms with E-state index in [0.29, 0.717) is 35.2 Å². The van der Waals surface area contributed by atoms with Crippen LogP contribution in [-0.2, 0) is 6.54 Å². The van der Waals surface area contributed by atoms with Crippen molar-refractivity contribution in [2.45, 2.75) is 13.2 Å². The minimum atomic E-state index is -2.88. The van der Waals surface area contributed by atoms with Crippen LogP contribution in [0.3, 0.4) is 0 Å². The van der Waals surface area contributed by atoms with E-state index in [4.69, 9.17) is 23.2 Å². The Morgan fingerprint density at radius 3 is 2.30 bits per heavy atom. The highest BCUT2D eigenvalue weighted by atomic mass is 35.5. The predicted molar refractivity (Wildman–Crippen MR) is 101 cm³/mol. The first-order valence-electron chi connectivity index (χ1n) is 8.43. The van der Waals surface area contributed by atoms with Crippen LogP contribution >= 0.6 is 23.2 Å². The van der Waals surface area contributed by atoms with Gasteiger partial charge in [0.05, 0.1) is 0 Å².